The molecule has 4 aromatic rings. The molecule has 3 heterocycles. The van der Waals surface area contributed by atoms with Crippen molar-refractivity contribution in [3.05, 3.63) is 63.1 Å². The second-order valence-corrected chi connectivity index (χ2v) is 6.24. The van der Waals surface area contributed by atoms with Crippen LogP contribution in [0.5, 0.6) is 0 Å². The van der Waals surface area contributed by atoms with Gasteiger partial charge in [0.05, 0.1) is 18.5 Å². The maximum absolute atomic E-state index is 12.9. The molecule has 0 saturated carbocycles. The van der Waals surface area contributed by atoms with Gasteiger partial charge in [0.1, 0.15) is 11.1 Å². The number of esters is 1. The van der Waals surface area contributed by atoms with E-state index in [0.29, 0.717) is 11.2 Å². The third-order valence-corrected chi connectivity index (χ3v) is 4.54. The summed E-state index contributed by atoms with van der Waals surface area (Å²) in [5.74, 6) is -0.530. The Kier molecular flexibility index (Phi) is 4.00. The number of fused-ring (bicyclic) bond motifs is 3. The van der Waals surface area contributed by atoms with Crippen LogP contribution in [0.1, 0.15) is 17.3 Å². The number of carbonyl (C=O) groups excluding carboxylic acids is 1. The number of nitrogens with zero attached hydrogens (tertiary/aromatic N) is 5. The van der Waals surface area contributed by atoms with Crippen LogP contribution in [0.15, 0.2) is 52.0 Å². The number of hydrogen-bond acceptors (Lipinski definition) is 6. The van der Waals surface area contributed by atoms with Gasteiger partial charge in [-0.2, -0.15) is 5.10 Å². The monoisotopic (exact) mass is 413 g/mol. The lowest BCUT2D eigenvalue weighted by Crippen LogP contribution is -2.20. The first kappa shape index (κ1) is 16.4. The molecule has 0 aliphatic carbocycles. The largest absolute Gasteiger partial charge is 0.462 e. The summed E-state index contributed by atoms with van der Waals surface area (Å²) in [5.41, 5.74) is 1.41. The molecule has 0 spiro atoms. The molecule has 4 rings (SSSR count). The molecule has 0 amide bonds. The van der Waals surface area contributed by atoms with Crippen LogP contribution in [0.3, 0.4) is 0 Å². The van der Waals surface area contributed by atoms with E-state index in [0.717, 1.165) is 4.47 Å². The third kappa shape index (κ3) is 2.48. The molecule has 1 aromatic carbocycles. The van der Waals surface area contributed by atoms with E-state index in [9.17, 15) is 9.59 Å². The van der Waals surface area contributed by atoms with Crippen molar-refractivity contribution in [2.45, 2.75) is 6.92 Å². The van der Waals surface area contributed by atoms with Crippen molar-refractivity contribution in [3.8, 4) is 5.69 Å². The van der Waals surface area contributed by atoms with Crippen LogP contribution in [0, 0.1) is 0 Å². The Bertz CT molecular complexity index is 1210. The Morgan fingerprint density at radius 3 is 2.81 bits per heavy atom. The summed E-state index contributed by atoms with van der Waals surface area (Å²) >= 11 is 3.44. The third-order valence-electron chi connectivity index (χ3n) is 3.87. The van der Waals surface area contributed by atoms with Crippen LogP contribution in [-0.4, -0.2) is 37.0 Å². The lowest BCUT2D eigenvalue weighted by Gasteiger charge is -2.09. The molecule has 0 unspecified atom stereocenters. The molecule has 3 aromatic heterocycles. The average Bonchev–Trinajstić information content (AvgIpc) is 3.08. The van der Waals surface area contributed by atoms with E-state index in [-0.39, 0.29) is 28.9 Å². The number of carbonyl (C=O) groups is 1. The lowest BCUT2D eigenvalue weighted by molar-refractivity contribution is 0.0528. The summed E-state index contributed by atoms with van der Waals surface area (Å²) in [6.07, 6.45) is 3.00. The first-order valence-corrected chi connectivity index (χ1v) is 8.59. The SMILES string of the molecule is CCOC(=O)c1cnn2c1nnc1c(=O)n(-c3ccccc3Br)ccc12. The number of halogens is 1. The second-order valence-electron chi connectivity index (χ2n) is 5.39. The van der Waals surface area contributed by atoms with Gasteiger partial charge in [0, 0.05) is 10.7 Å². The van der Waals surface area contributed by atoms with E-state index in [2.05, 4.69) is 31.2 Å². The van der Waals surface area contributed by atoms with Crippen molar-refractivity contribution < 1.29 is 9.53 Å². The zero-order valence-corrected chi connectivity index (χ0v) is 15.2. The highest BCUT2D eigenvalue weighted by molar-refractivity contribution is 9.10. The topological polar surface area (TPSA) is 91.4 Å². The highest BCUT2D eigenvalue weighted by Crippen LogP contribution is 2.20. The van der Waals surface area contributed by atoms with Gasteiger partial charge in [-0.25, -0.2) is 9.31 Å². The van der Waals surface area contributed by atoms with E-state index in [1.54, 1.807) is 19.2 Å². The van der Waals surface area contributed by atoms with Crippen molar-refractivity contribution in [3.63, 3.8) is 0 Å². The van der Waals surface area contributed by atoms with Gasteiger partial charge in [0.15, 0.2) is 11.2 Å². The van der Waals surface area contributed by atoms with Crippen LogP contribution in [0.4, 0.5) is 0 Å². The van der Waals surface area contributed by atoms with Crippen LogP contribution < -0.4 is 5.56 Å². The summed E-state index contributed by atoms with van der Waals surface area (Å²) < 4.78 is 8.66. The summed E-state index contributed by atoms with van der Waals surface area (Å²) in [5, 5.41) is 12.2. The summed E-state index contributed by atoms with van der Waals surface area (Å²) in [6.45, 7) is 1.96. The fourth-order valence-corrected chi connectivity index (χ4v) is 3.16. The van der Waals surface area contributed by atoms with E-state index in [1.807, 2.05) is 24.3 Å². The zero-order chi connectivity index (χ0) is 18.3. The predicted octanol–water partition coefficient (Wildman–Crippen LogP) is 2.37. The molecular formula is C17H12BrN5O3. The van der Waals surface area contributed by atoms with Crippen LogP contribution in [0.25, 0.3) is 22.4 Å². The zero-order valence-electron chi connectivity index (χ0n) is 13.6. The normalized spacial score (nSPS) is 11.2. The number of rotatable bonds is 3. The Labute approximate surface area is 155 Å². The Hall–Kier alpha value is -3.07. The number of para-hydroxylation sites is 1. The number of benzene rings is 1. The molecule has 9 heteroatoms. The quantitative estimate of drug-likeness (QED) is 0.478. The minimum atomic E-state index is -0.530. The molecular weight excluding hydrogens is 402 g/mol. The summed E-state index contributed by atoms with van der Waals surface area (Å²) in [7, 11) is 0. The van der Waals surface area contributed by atoms with E-state index >= 15 is 0 Å². The molecule has 0 saturated heterocycles. The van der Waals surface area contributed by atoms with Gasteiger partial charge in [-0.05, 0) is 41.1 Å². The van der Waals surface area contributed by atoms with Gasteiger partial charge in [-0.15, -0.1) is 10.2 Å². The number of pyridine rings is 1. The first-order chi connectivity index (χ1) is 12.6. The molecule has 0 radical (unpaired) electrons. The molecule has 130 valence electrons. The maximum Gasteiger partial charge on any atom is 0.343 e. The number of ether oxygens (including phenoxy) is 1. The fraction of sp³-hybridized carbons (Fsp3) is 0.118. The van der Waals surface area contributed by atoms with Gasteiger partial charge < -0.3 is 4.74 Å². The molecule has 0 bridgehead atoms. The van der Waals surface area contributed by atoms with Crippen LogP contribution in [-0.2, 0) is 4.74 Å². The smallest absolute Gasteiger partial charge is 0.343 e. The minimum absolute atomic E-state index is 0.147. The van der Waals surface area contributed by atoms with E-state index in [1.165, 1.54) is 15.3 Å². The fourth-order valence-electron chi connectivity index (χ4n) is 2.68. The van der Waals surface area contributed by atoms with Crippen molar-refractivity contribution in [1.82, 2.24) is 24.4 Å². The minimum Gasteiger partial charge on any atom is -0.462 e. The predicted molar refractivity (Wildman–Crippen MR) is 97.5 cm³/mol. The van der Waals surface area contributed by atoms with Gasteiger partial charge in [0.25, 0.3) is 5.56 Å². The maximum atomic E-state index is 12.9. The van der Waals surface area contributed by atoms with E-state index in [4.69, 9.17) is 4.74 Å². The molecule has 0 atom stereocenters. The van der Waals surface area contributed by atoms with Gasteiger partial charge in [0.2, 0.25) is 0 Å². The van der Waals surface area contributed by atoms with Crippen molar-refractivity contribution in [1.29, 1.82) is 0 Å². The first-order valence-electron chi connectivity index (χ1n) is 7.79. The van der Waals surface area contributed by atoms with Gasteiger partial charge in [-0.1, -0.05) is 12.1 Å². The molecule has 0 fully saturated rings. The second kappa shape index (κ2) is 6.34. The molecule has 0 N–H and O–H groups in total. The summed E-state index contributed by atoms with van der Waals surface area (Å²) in [6, 6.07) is 9.07. The molecule has 26 heavy (non-hydrogen) atoms. The highest BCUT2D eigenvalue weighted by atomic mass is 79.9. The van der Waals surface area contributed by atoms with Crippen LogP contribution in [0.2, 0.25) is 0 Å². The standard InChI is InChI=1S/C17H12BrN5O3/c1-2-26-17(25)10-9-19-23-13-7-8-22(12-6-4-3-5-11(12)18)16(24)14(13)20-21-15(10)23/h3-9H,2H2,1H3. The number of hydrogen-bond donors (Lipinski definition) is 0. The van der Waals surface area contributed by atoms with Crippen molar-refractivity contribution in [2.75, 3.05) is 6.61 Å². The average molecular weight is 414 g/mol. The number of aromatic nitrogens is 5. The van der Waals surface area contributed by atoms with Crippen molar-refractivity contribution in [2.24, 2.45) is 0 Å². The van der Waals surface area contributed by atoms with E-state index < -0.39 is 5.97 Å². The Morgan fingerprint density at radius 2 is 2.04 bits per heavy atom. The molecule has 0 aliphatic rings. The summed E-state index contributed by atoms with van der Waals surface area (Å²) in [4.78, 5) is 24.9. The molecule has 0 aliphatic heterocycles. The lowest BCUT2D eigenvalue weighted by atomic mass is 10.3. The molecule has 8 nitrogen and oxygen atoms in total. The van der Waals surface area contributed by atoms with Gasteiger partial charge >= 0.3 is 5.97 Å². The Morgan fingerprint density at radius 1 is 1.23 bits per heavy atom. The van der Waals surface area contributed by atoms with Gasteiger partial charge in [-0.3, -0.25) is 9.36 Å². The van der Waals surface area contributed by atoms with Crippen LogP contribution >= 0.6 is 15.9 Å². The Balaban J connectivity index is 1.95. The highest BCUT2D eigenvalue weighted by Gasteiger charge is 2.19. The van der Waals surface area contributed by atoms with Crippen molar-refractivity contribution >= 4 is 38.6 Å².